The normalized spacial score (nSPS) is 12.3. The van der Waals surface area contributed by atoms with E-state index in [2.05, 4.69) is 20.1 Å². The largest absolute Gasteiger partial charge is 0.588 e. The van der Waals surface area contributed by atoms with Gasteiger partial charge >= 0.3 is 5.76 Å². The van der Waals surface area contributed by atoms with Gasteiger partial charge in [-0.25, -0.2) is 14.4 Å². The Hall–Kier alpha value is -3.49. The van der Waals surface area contributed by atoms with Gasteiger partial charge in [-0.05, 0) is 45.0 Å². The second-order valence-electron chi connectivity index (χ2n) is 7.69. The van der Waals surface area contributed by atoms with Gasteiger partial charge in [0.2, 0.25) is 0 Å². The smallest absolute Gasteiger partial charge is 0.421 e. The lowest BCUT2D eigenvalue weighted by Crippen LogP contribution is -2.25. The molecule has 2 heterocycles. The van der Waals surface area contributed by atoms with Crippen LogP contribution in [0.1, 0.15) is 36.8 Å². The number of aromatic nitrogens is 3. The van der Waals surface area contributed by atoms with Crippen molar-refractivity contribution in [1.29, 1.82) is 5.26 Å². The number of benzene rings is 1. The van der Waals surface area contributed by atoms with E-state index in [9.17, 15) is 18.1 Å². The van der Waals surface area contributed by atoms with Crippen LogP contribution in [0, 0.1) is 11.3 Å². The molecule has 3 aromatic rings. The monoisotopic (exact) mass is 458 g/mol. The van der Waals surface area contributed by atoms with Crippen molar-refractivity contribution in [2.45, 2.75) is 32.1 Å². The molecule has 11 heteroatoms. The maximum atomic E-state index is 12.5. The third-order valence-electron chi connectivity index (χ3n) is 4.32. The Bertz CT molecular complexity index is 1150. The zero-order valence-electron chi connectivity index (χ0n) is 17.5. The minimum absolute atomic E-state index is 0.217. The number of aldehydes is 1. The molecule has 0 aliphatic rings. The zero-order valence-corrected chi connectivity index (χ0v) is 18.3. The molecule has 1 aromatic carbocycles. The topological polar surface area (TPSA) is 119 Å². The molecule has 0 spiro atoms. The Morgan fingerprint density at radius 3 is 2.47 bits per heavy atom. The molecule has 0 bridgehead atoms. The van der Waals surface area contributed by atoms with E-state index in [4.69, 9.17) is 5.26 Å². The number of rotatable bonds is 7. The van der Waals surface area contributed by atoms with Crippen molar-refractivity contribution in [1.82, 2.24) is 14.8 Å². The number of hydrogen-bond acceptors (Lipinski definition) is 7. The summed E-state index contributed by atoms with van der Waals surface area (Å²) in [6.45, 7) is 5.74. The maximum absolute atomic E-state index is 12.5. The van der Waals surface area contributed by atoms with Crippen LogP contribution in [0.25, 0.3) is 11.3 Å². The molecule has 1 atom stereocenters. The summed E-state index contributed by atoms with van der Waals surface area (Å²) in [6.07, 6.45) is 0.666. The number of pyridine rings is 1. The zero-order chi connectivity index (χ0) is 23.5. The van der Waals surface area contributed by atoms with Gasteiger partial charge in [0.05, 0.1) is 16.8 Å². The summed E-state index contributed by atoms with van der Waals surface area (Å²) >= 11 is -2.52. The molecule has 32 heavy (non-hydrogen) atoms. The Balaban J connectivity index is 2.04. The summed E-state index contributed by atoms with van der Waals surface area (Å²) in [7, 11) is 0. The number of nitriles is 1. The van der Waals surface area contributed by atoms with Gasteiger partial charge in [0, 0.05) is 5.56 Å². The number of hydrogen-bond donors (Lipinski definition) is 2. The van der Waals surface area contributed by atoms with E-state index in [0.717, 1.165) is 0 Å². The number of carbonyl (C=O) groups excluding carboxylic acids is 1. The van der Waals surface area contributed by atoms with E-state index < -0.39 is 22.7 Å². The number of halogens is 2. The molecule has 8 nitrogen and oxygen atoms in total. The summed E-state index contributed by atoms with van der Waals surface area (Å²) in [5, 5.41) is 16.8. The highest BCUT2D eigenvalue weighted by Gasteiger charge is 2.26. The molecular weight excluding hydrogens is 438 g/mol. The van der Waals surface area contributed by atoms with Gasteiger partial charge in [-0.1, -0.05) is 18.2 Å². The Morgan fingerprint density at radius 1 is 1.22 bits per heavy atom. The second kappa shape index (κ2) is 9.33. The first-order chi connectivity index (χ1) is 15.1. The minimum Gasteiger partial charge on any atom is -0.588 e. The first-order valence-corrected chi connectivity index (χ1v) is 10.6. The third kappa shape index (κ3) is 5.04. The number of nitrogens with zero attached hydrogens (tertiary/aromatic N) is 4. The number of carbonyl (C=O) groups is 1. The van der Waals surface area contributed by atoms with Crippen LogP contribution in [0.2, 0.25) is 0 Å². The van der Waals surface area contributed by atoms with Crippen LogP contribution < -0.4 is 10.0 Å². The molecule has 0 saturated heterocycles. The highest BCUT2D eigenvalue weighted by atomic mass is 32.2. The van der Waals surface area contributed by atoms with Crippen molar-refractivity contribution in [2.75, 3.05) is 10.0 Å². The van der Waals surface area contributed by atoms with E-state index in [0.29, 0.717) is 29.2 Å². The van der Waals surface area contributed by atoms with E-state index in [1.54, 1.807) is 35.0 Å². The summed E-state index contributed by atoms with van der Waals surface area (Å²) in [5.74, 6) is -2.25. The van der Waals surface area contributed by atoms with Gasteiger partial charge in [-0.3, -0.25) is 4.79 Å². The van der Waals surface area contributed by atoms with Crippen molar-refractivity contribution in [3.63, 3.8) is 0 Å². The first-order valence-electron chi connectivity index (χ1n) is 9.42. The standard InChI is InChI=1S/C21H20F2N6O2S/c1-21(2,3)29-19(26-17-6-4-5-15(11-24)25-17)16(12-30)18(27-29)13-7-9-14(10-8-13)28-32(31)20(22)23/h4-10,12,20,28H,1-3H3,(H,25,26). The van der Waals surface area contributed by atoms with Crippen molar-refractivity contribution < 1.29 is 18.1 Å². The lowest BCUT2D eigenvalue weighted by molar-refractivity contribution is 0.112. The molecule has 166 valence electrons. The summed E-state index contributed by atoms with van der Waals surface area (Å²) in [5.41, 5.74) is 1.14. The van der Waals surface area contributed by atoms with Crippen LogP contribution in [0.3, 0.4) is 0 Å². The SMILES string of the molecule is CC(C)(C)n1nc(-c2ccc(N[S+]([O-])C(F)F)cc2)c(C=O)c1Nc1cccc(C#N)n1. The van der Waals surface area contributed by atoms with E-state index >= 15 is 0 Å². The van der Waals surface area contributed by atoms with Gasteiger partial charge in [-0.15, -0.1) is 0 Å². The fourth-order valence-corrected chi connectivity index (χ4v) is 3.36. The van der Waals surface area contributed by atoms with Gasteiger partial charge in [-0.2, -0.15) is 19.1 Å². The van der Waals surface area contributed by atoms with Crippen molar-refractivity contribution in [2.24, 2.45) is 0 Å². The molecular formula is C21H20F2N6O2S. The van der Waals surface area contributed by atoms with E-state index in [1.165, 1.54) is 12.1 Å². The molecule has 2 aromatic heterocycles. The van der Waals surface area contributed by atoms with Gasteiger partial charge < -0.3 is 9.87 Å². The fraction of sp³-hybridized carbons (Fsp3) is 0.238. The fourth-order valence-electron chi connectivity index (χ4n) is 2.91. The summed E-state index contributed by atoms with van der Waals surface area (Å²) < 4.78 is 40.2. The maximum Gasteiger partial charge on any atom is 0.421 e. The van der Waals surface area contributed by atoms with Gasteiger partial charge in [0.25, 0.3) is 0 Å². The molecule has 1 unspecified atom stereocenters. The molecule has 0 radical (unpaired) electrons. The third-order valence-corrected chi connectivity index (χ3v) is 5.08. The molecule has 0 aliphatic heterocycles. The van der Waals surface area contributed by atoms with Crippen molar-refractivity contribution >= 4 is 35.0 Å². The quantitative estimate of drug-likeness (QED) is 0.397. The first kappa shape index (κ1) is 23.2. The number of alkyl halides is 2. The summed E-state index contributed by atoms with van der Waals surface area (Å²) in [6, 6.07) is 13.0. The van der Waals surface area contributed by atoms with Crippen LogP contribution in [0.5, 0.6) is 0 Å². The molecule has 0 saturated carbocycles. The van der Waals surface area contributed by atoms with E-state index in [-0.39, 0.29) is 16.9 Å². The van der Waals surface area contributed by atoms with Crippen LogP contribution >= 0.6 is 0 Å². The molecule has 0 fully saturated rings. The predicted octanol–water partition coefficient (Wildman–Crippen LogP) is 4.43. The van der Waals surface area contributed by atoms with Crippen LogP contribution in [0.15, 0.2) is 42.5 Å². The highest BCUT2D eigenvalue weighted by Crippen LogP contribution is 2.33. The Kier molecular flexibility index (Phi) is 6.76. The Labute approximate surface area is 186 Å². The number of nitrogens with one attached hydrogen (secondary N) is 2. The predicted molar refractivity (Wildman–Crippen MR) is 118 cm³/mol. The molecule has 2 N–H and O–H groups in total. The minimum atomic E-state index is -3.01. The molecule has 0 amide bonds. The highest BCUT2D eigenvalue weighted by molar-refractivity contribution is 7.92. The van der Waals surface area contributed by atoms with Gasteiger partial charge in [0.15, 0.2) is 6.29 Å². The molecule has 3 rings (SSSR count). The van der Waals surface area contributed by atoms with Crippen molar-refractivity contribution in [3.05, 3.63) is 53.7 Å². The van der Waals surface area contributed by atoms with Gasteiger partial charge in [0.1, 0.15) is 40.5 Å². The van der Waals surface area contributed by atoms with Crippen LogP contribution in [-0.2, 0) is 16.9 Å². The number of anilines is 3. The lowest BCUT2D eigenvalue weighted by Gasteiger charge is -2.22. The van der Waals surface area contributed by atoms with Crippen LogP contribution in [-0.4, -0.2) is 31.4 Å². The molecule has 0 aliphatic carbocycles. The lowest BCUT2D eigenvalue weighted by atomic mass is 10.1. The average Bonchev–Trinajstić information content (AvgIpc) is 3.13. The average molecular weight is 458 g/mol. The van der Waals surface area contributed by atoms with Crippen LogP contribution in [0.4, 0.5) is 26.1 Å². The van der Waals surface area contributed by atoms with E-state index in [1.807, 2.05) is 26.8 Å². The summed E-state index contributed by atoms with van der Waals surface area (Å²) in [4.78, 5) is 16.3. The van der Waals surface area contributed by atoms with Crippen molar-refractivity contribution in [3.8, 4) is 17.3 Å². The second-order valence-corrected chi connectivity index (χ2v) is 8.85. The Morgan fingerprint density at radius 2 is 1.91 bits per heavy atom.